The minimum Gasteiger partial charge on any atom is -0.406 e. The van der Waals surface area contributed by atoms with Crippen molar-refractivity contribution in [2.24, 2.45) is 0 Å². The second-order valence-electron chi connectivity index (χ2n) is 6.88. The van der Waals surface area contributed by atoms with Gasteiger partial charge in [-0.25, -0.2) is 8.42 Å². The van der Waals surface area contributed by atoms with E-state index < -0.39 is 34.6 Å². The number of carbonyl (C=O) groups is 1. The van der Waals surface area contributed by atoms with Crippen molar-refractivity contribution in [2.45, 2.75) is 18.2 Å². The fourth-order valence-corrected chi connectivity index (χ4v) is 4.72. The number of alkyl halides is 3. The van der Waals surface area contributed by atoms with Gasteiger partial charge >= 0.3 is 6.36 Å². The molecule has 174 valence electrons. The molecule has 3 aromatic rings. The van der Waals surface area contributed by atoms with Crippen molar-refractivity contribution in [3.63, 3.8) is 0 Å². The maximum atomic E-state index is 13.3. The minimum absolute atomic E-state index is 0.0131. The molecular weight excluding hydrogens is 481 g/mol. The largest absolute Gasteiger partial charge is 0.573 e. The lowest BCUT2D eigenvalue weighted by Gasteiger charge is -2.25. The molecule has 0 unspecified atom stereocenters. The number of hydrogen-bond acceptors (Lipinski definition) is 4. The first-order valence-corrected chi connectivity index (χ1v) is 11.3. The van der Waals surface area contributed by atoms with Gasteiger partial charge in [-0.15, -0.1) is 13.2 Å². The van der Waals surface area contributed by atoms with Crippen LogP contribution in [0.5, 0.6) is 5.75 Å². The van der Waals surface area contributed by atoms with Crippen molar-refractivity contribution in [1.29, 1.82) is 0 Å². The van der Waals surface area contributed by atoms with Crippen LogP contribution in [0.1, 0.15) is 5.56 Å². The highest BCUT2D eigenvalue weighted by Crippen LogP contribution is 2.29. The number of sulfonamides is 1. The quantitative estimate of drug-likeness (QED) is 0.474. The Hall–Kier alpha value is -3.24. The van der Waals surface area contributed by atoms with Crippen LogP contribution in [-0.4, -0.2) is 27.2 Å². The molecule has 0 radical (unpaired) electrons. The van der Waals surface area contributed by atoms with Gasteiger partial charge in [-0.2, -0.15) is 0 Å². The molecule has 0 saturated heterocycles. The number of nitrogens with one attached hydrogen (secondary N) is 1. The summed E-state index contributed by atoms with van der Waals surface area (Å²) in [4.78, 5) is 12.7. The lowest BCUT2D eigenvalue weighted by atomic mass is 10.2. The number of rotatable bonds is 7. The molecule has 0 heterocycles. The SMILES string of the molecule is Cc1cc(Cl)ccc1N(CC(=O)Nc1ccc(OC(F)(F)F)cc1)S(=O)(=O)c1ccccc1. The lowest BCUT2D eigenvalue weighted by molar-refractivity contribution is -0.274. The number of hydrogen-bond donors (Lipinski definition) is 1. The summed E-state index contributed by atoms with van der Waals surface area (Å²) >= 11 is 5.99. The molecule has 33 heavy (non-hydrogen) atoms. The number of benzene rings is 3. The molecular formula is C22H18ClF3N2O4S. The predicted molar refractivity (Wildman–Crippen MR) is 119 cm³/mol. The van der Waals surface area contributed by atoms with Gasteiger partial charge in [-0.1, -0.05) is 29.8 Å². The molecule has 11 heteroatoms. The number of halogens is 4. The second-order valence-corrected chi connectivity index (χ2v) is 9.17. The van der Waals surface area contributed by atoms with Crippen LogP contribution in [0.2, 0.25) is 5.02 Å². The van der Waals surface area contributed by atoms with Gasteiger partial charge in [-0.05, 0) is 67.1 Å². The first-order valence-electron chi connectivity index (χ1n) is 9.45. The van der Waals surface area contributed by atoms with Crippen LogP contribution in [0.4, 0.5) is 24.5 Å². The van der Waals surface area contributed by atoms with Crippen molar-refractivity contribution >= 4 is 38.9 Å². The van der Waals surface area contributed by atoms with Gasteiger partial charge in [0.2, 0.25) is 5.91 Å². The number of anilines is 2. The van der Waals surface area contributed by atoms with E-state index in [2.05, 4.69) is 10.1 Å². The van der Waals surface area contributed by atoms with E-state index in [9.17, 15) is 26.4 Å². The summed E-state index contributed by atoms with van der Waals surface area (Å²) in [6, 6.07) is 16.7. The zero-order valence-electron chi connectivity index (χ0n) is 17.1. The smallest absolute Gasteiger partial charge is 0.406 e. The summed E-state index contributed by atoms with van der Waals surface area (Å²) in [6.07, 6.45) is -4.84. The molecule has 0 saturated carbocycles. The zero-order chi connectivity index (χ0) is 24.2. The van der Waals surface area contributed by atoms with E-state index in [1.54, 1.807) is 31.2 Å². The van der Waals surface area contributed by atoms with Crippen molar-refractivity contribution in [2.75, 3.05) is 16.2 Å². The fourth-order valence-electron chi connectivity index (χ4n) is 2.99. The van der Waals surface area contributed by atoms with Crippen LogP contribution >= 0.6 is 11.6 Å². The van der Waals surface area contributed by atoms with Gasteiger partial charge in [0, 0.05) is 10.7 Å². The molecule has 0 aromatic heterocycles. The van der Waals surface area contributed by atoms with E-state index in [0.717, 1.165) is 16.4 Å². The van der Waals surface area contributed by atoms with E-state index in [4.69, 9.17) is 11.6 Å². The Labute approximate surface area is 193 Å². The Kier molecular flexibility index (Phi) is 7.19. The molecule has 3 aromatic carbocycles. The average molecular weight is 499 g/mol. The molecule has 1 amide bonds. The Morgan fingerprint density at radius 1 is 1.03 bits per heavy atom. The third-order valence-electron chi connectivity index (χ3n) is 4.42. The maximum Gasteiger partial charge on any atom is 0.573 e. The van der Waals surface area contributed by atoms with Crippen molar-refractivity contribution < 1.29 is 31.1 Å². The monoisotopic (exact) mass is 498 g/mol. The van der Waals surface area contributed by atoms with Gasteiger partial charge < -0.3 is 10.1 Å². The lowest BCUT2D eigenvalue weighted by Crippen LogP contribution is -2.38. The maximum absolute atomic E-state index is 13.3. The third kappa shape index (κ3) is 6.39. The fraction of sp³-hybridized carbons (Fsp3) is 0.136. The Bertz CT molecular complexity index is 1230. The third-order valence-corrected chi connectivity index (χ3v) is 6.43. The number of nitrogens with zero attached hydrogens (tertiary/aromatic N) is 1. The zero-order valence-corrected chi connectivity index (χ0v) is 18.7. The highest BCUT2D eigenvalue weighted by Gasteiger charge is 2.31. The summed E-state index contributed by atoms with van der Waals surface area (Å²) in [6.45, 7) is 1.08. The summed E-state index contributed by atoms with van der Waals surface area (Å²) < 4.78 is 68.3. The number of ether oxygens (including phenoxy) is 1. The highest BCUT2D eigenvalue weighted by molar-refractivity contribution is 7.92. The Balaban J connectivity index is 1.87. The number of amides is 1. The molecule has 0 aliphatic heterocycles. The average Bonchev–Trinajstić information content (AvgIpc) is 2.73. The van der Waals surface area contributed by atoms with Crippen LogP contribution in [0, 0.1) is 6.92 Å². The number of aryl methyl sites for hydroxylation is 1. The van der Waals surface area contributed by atoms with E-state index in [1.807, 2.05) is 0 Å². The molecule has 1 N–H and O–H groups in total. The summed E-state index contributed by atoms with van der Waals surface area (Å²) in [7, 11) is -4.12. The Morgan fingerprint density at radius 2 is 1.67 bits per heavy atom. The van der Waals surface area contributed by atoms with Crippen LogP contribution in [0.15, 0.2) is 77.7 Å². The molecule has 0 aliphatic carbocycles. The Morgan fingerprint density at radius 3 is 2.24 bits per heavy atom. The van der Waals surface area contributed by atoms with Gasteiger partial charge in [0.15, 0.2) is 0 Å². The summed E-state index contributed by atoms with van der Waals surface area (Å²) in [5.41, 5.74) is 0.954. The molecule has 0 aliphatic rings. The summed E-state index contributed by atoms with van der Waals surface area (Å²) in [5.74, 6) is -1.15. The molecule has 0 atom stereocenters. The molecule has 3 rings (SSSR count). The van der Waals surface area contributed by atoms with E-state index in [0.29, 0.717) is 10.6 Å². The molecule has 0 spiro atoms. The number of carbonyl (C=O) groups excluding carboxylic acids is 1. The first-order chi connectivity index (χ1) is 15.5. The van der Waals surface area contributed by atoms with Gasteiger partial charge in [0.25, 0.3) is 10.0 Å². The van der Waals surface area contributed by atoms with E-state index in [-0.39, 0.29) is 16.3 Å². The van der Waals surface area contributed by atoms with E-state index in [1.165, 1.54) is 36.4 Å². The molecule has 6 nitrogen and oxygen atoms in total. The van der Waals surface area contributed by atoms with Gasteiger partial charge in [0.1, 0.15) is 12.3 Å². The van der Waals surface area contributed by atoms with Crippen LogP contribution in [0.3, 0.4) is 0 Å². The van der Waals surface area contributed by atoms with Crippen molar-refractivity contribution in [1.82, 2.24) is 0 Å². The normalized spacial score (nSPS) is 11.7. The van der Waals surface area contributed by atoms with Gasteiger partial charge in [-0.3, -0.25) is 9.10 Å². The molecule has 0 bridgehead atoms. The van der Waals surface area contributed by atoms with Gasteiger partial charge in [0.05, 0.1) is 10.6 Å². The van der Waals surface area contributed by atoms with Crippen molar-refractivity contribution in [3.05, 3.63) is 83.4 Å². The van der Waals surface area contributed by atoms with E-state index >= 15 is 0 Å². The van der Waals surface area contributed by atoms with Crippen molar-refractivity contribution in [3.8, 4) is 5.75 Å². The first kappa shape index (κ1) is 24.4. The van der Waals surface area contributed by atoms with Crippen LogP contribution in [0.25, 0.3) is 0 Å². The van der Waals surface area contributed by atoms with Crippen LogP contribution in [-0.2, 0) is 14.8 Å². The second kappa shape index (κ2) is 9.72. The summed E-state index contributed by atoms with van der Waals surface area (Å²) in [5, 5.41) is 2.88. The minimum atomic E-state index is -4.84. The highest BCUT2D eigenvalue weighted by atomic mass is 35.5. The van der Waals surface area contributed by atoms with Crippen LogP contribution < -0.4 is 14.4 Å². The standard InChI is InChI=1S/C22H18ClF3N2O4S/c1-15-13-16(23)7-12-20(15)28(33(30,31)19-5-3-2-4-6-19)14-21(29)27-17-8-10-18(11-9-17)32-22(24,25)26/h2-13H,14H2,1H3,(H,27,29). The molecule has 0 fully saturated rings. The topological polar surface area (TPSA) is 75.7 Å². The predicted octanol–water partition coefficient (Wildman–Crippen LogP) is 5.38.